The van der Waals surface area contributed by atoms with Crippen molar-refractivity contribution >= 4 is 36.2 Å². The summed E-state index contributed by atoms with van der Waals surface area (Å²) in [6.45, 7) is 0. The van der Waals surface area contributed by atoms with Crippen LogP contribution in [-0.4, -0.2) is 36.2 Å². The molecule has 24 valence electrons. The molecule has 5 heteroatoms. The van der Waals surface area contributed by atoms with Crippen LogP contribution in [-0.2, 0) is 25.7 Å². The second-order valence-electron chi connectivity index (χ2n) is 0.0833. The molecule has 0 fully saturated rings. The zero-order valence-electron chi connectivity index (χ0n) is 1.32. The Balaban J connectivity index is -0.0000000200. The predicted molar refractivity (Wildman–Crippen MR) is 18.5 cm³/mol. The van der Waals surface area contributed by atoms with Gasteiger partial charge in [-0.05, 0) is 0 Å². The molecular weight excluding hydrogens is 114 g/mol. The van der Waals surface area contributed by atoms with E-state index in [1.165, 1.54) is 0 Å². The Morgan fingerprint density at radius 2 is 1.20 bits per heavy atom. The van der Waals surface area contributed by atoms with E-state index in [4.69, 9.17) is 6.65 Å². The van der Waals surface area contributed by atoms with E-state index in [9.17, 15) is 0 Å². The first-order chi connectivity index (χ1) is 1.41. The Bertz CT molecular complexity index is 30.6. The van der Waals surface area contributed by atoms with Crippen LogP contribution in [0, 0.1) is 0 Å². The Hall–Kier alpha value is 1.44. The maximum atomic E-state index is 8.50. The predicted octanol–water partition coefficient (Wildman–Crippen LogP) is -2.07. The molecule has 0 heterocycles. The van der Waals surface area contributed by atoms with Gasteiger partial charge in [0.05, 0.1) is 0 Å². The van der Waals surface area contributed by atoms with Gasteiger partial charge in [0.2, 0.25) is 0 Å². The van der Waals surface area contributed by atoms with Crippen molar-refractivity contribution in [2.24, 2.45) is 0 Å². The molecule has 0 amide bonds. The third-order valence-electron chi connectivity index (χ3n) is 0. The fourth-order valence-electron chi connectivity index (χ4n) is 0. The third-order valence-corrected chi connectivity index (χ3v) is 0. The number of rotatable bonds is 0. The van der Waals surface area contributed by atoms with Crippen LogP contribution in [0.2, 0.25) is 0 Å². The first kappa shape index (κ1) is 16.1. The molecular formula is H4AlLiO2Ti. The molecule has 0 spiro atoms. The Morgan fingerprint density at radius 3 is 1.20 bits per heavy atom. The monoisotopic (exact) mass is 118 g/mol. The van der Waals surface area contributed by atoms with E-state index >= 15 is 0 Å². The van der Waals surface area contributed by atoms with Crippen molar-refractivity contribution < 1.29 is 25.7 Å². The van der Waals surface area contributed by atoms with Crippen molar-refractivity contribution in [2.45, 2.75) is 0 Å². The van der Waals surface area contributed by atoms with Crippen molar-refractivity contribution in [3.63, 3.8) is 0 Å². The minimum absolute atomic E-state index is 0. The summed E-state index contributed by atoms with van der Waals surface area (Å²) in [5, 5.41) is 0. The van der Waals surface area contributed by atoms with Crippen LogP contribution in [0.4, 0.5) is 0 Å². The summed E-state index contributed by atoms with van der Waals surface area (Å²) in [4.78, 5) is 0. The van der Waals surface area contributed by atoms with Gasteiger partial charge in [-0.25, -0.2) is 0 Å². The van der Waals surface area contributed by atoms with E-state index in [0.717, 1.165) is 0 Å². The van der Waals surface area contributed by atoms with Crippen molar-refractivity contribution in [2.75, 3.05) is 0 Å². The minimum atomic E-state index is -2.00. The van der Waals surface area contributed by atoms with Gasteiger partial charge in [0.15, 0.2) is 17.4 Å². The van der Waals surface area contributed by atoms with Crippen molar-refractivity contribution in [3.05, 3.63) is 0 Å². The van der Waals surface area contributed by atoms with Gasteiger partial charge in [-0.1, -0.05) is 0 Å². The second kappa shape index (κ2) is 18.0. The molecule has 5 heavy (non-hydrogen) atoms. The van der Waals surface area contributed by atoms with Gasteiger partial charge in [-0.3, -0.25) is 0 Å². The van der Waals surface area contributed by atoms with E-state index in [-0.39, 0.29) is 36.2 Å². The molecule has 0 N–H and O–H groups in total. The fraction of sp³-hybridized carbons (Fsp3) is 0. The average molecular weight is 118 g/mol. The van der Waals surface area contributed by atoms with Crippen molar-refractivity contribution in [1.82, 2.24) is 0 Å². The van der Waals surface area contributed by atoms with E-state index in [2.05, 4.69) is 0 Å². The first-order valence-corrected chi connectivity index (χ1v) is 1.68. The Kier molecular flexibility index (Phi) is 58.0. The molecule has 0 aromatic heterocycles. The second-order valence-corrected chi connectivity index (χ2v) is 0.344. The van der Waals surface area contributed by atoms with Gasteiger partial charge in [0, 0.05) is 0 Å². The summed E-state index contributed by atoms with van der Waals surface area (Å²) in [5.41, 5.74) is 0. The van der Waals surface area contributed by atoms with Crippen LogP contribution in [0.25, 0.3) is 0 Å². The van der Waals surface area contributed by atoms with E-state index in [0.29, 0.717) is 0 Å². The number of hydrogen-bond acceptors (Lipinski definition) is 2. The van der Waals surface area contributed by atoms with Gasteiger partial charge in [0.1, 0.15) is 0 Å². The molecule has 2 nitrogen and oxygen atoms in total. The standard InChI is InChI=1S/Al.Li.2O.Ti.4H. The molecule has 0 unspecified atom stereocenters. The van der Waals surface area contributed by atoms with Crippen LogP contribution < -0.4 is 0 Å². The van der Waals surface area contributed by atoms with Crippen molar-refractivity contribution in [3.8, 4) is 0 Å². The Morgan fingerprint density at radius 1 is 1.20 bits per heavy atom. The van der Waals surface area contributed by atoms with Crippen LogP contribution >= 0.6 is 0 Å². The maximum absolute atomic E-state index is 8.50. The van der Waals surface area contributed by atoms with Crippen LogP contribution in [0.5, 0.6) is 0 Å². The molecule has 0 aromatic rings. The quantitative estimate of drug-likeness (QED) is 0.342. The normalized spacial score (nSPS) is 1.60. The SMILES string of the molecule is [AlH3].[LiH].[O]=[Ti]=[O]. The Labute approximate surface area is 61.6 Å². The molecule has 0 bridgehead atoms. The molecule has 0 aliphatic heterocycles. The van der Waals surface area contributed by atoms with E-state index in [1.54, 1.807) is 0 Å². The van der Waals surface area contributed by atoms with Gasteiger partial charge < -0.3 is 0 Å². The van der Waals surface area contributed by atoms with Crippen LogP contribution in [0.1, 0.15) is 0 Å². The van der Waals surface area contributed by atoms with Crippen LogP contribution in [0.3, 0.4) is 0 Å². The van der Waals surface area contributed by atoms with Crippen LogP contribution in [0.15, 0.2) is 0 Å². The summed E-state index contributed by atoms with van der Waals surface area (Å²) in [5.74, 6) is 0. The van der Waals surface area contributed by atoms with Gasteiger partial charge >= 0.3 is 44.6 Å². The molecule has 0 aromatic carbocycles. The average Bonchev–Trinajstić information content (AvgIpc) is 0.918. The first-order valence-electron chi connectivity index (χ1n) is 0.408. The summed E-state index contributed by atoms with van der Waals surface area (Å²) >= 11 is -2.00. The molecule has 0 aliphatic rings. The summed E-state index contributed by atoms with van der Waals surface area (Å²) in [6.07, 6.45) is 0. The summed E-state index contributed by atoms with van der Waals surface area (Å²) < 4.78 is 17.0. The van der Waals surface area contributed by atoms with Crippen molar-refractivity contribution in [1.29, 1.82) is 0 Å². The zero-order valence-corrected chi connectivity index (χ0v) is 2.88. The molecule has 0 aliphatic carbocycles. The van der Waals surface area contributed by atoms with Gasteiger partial charge in [-0.2, -0.15) is 0 Å². The molecule has 0 atom stereocenters. The van der Waals surface area contributed by atoms with E-state index < -0.39 is 19.1 Å². The molecule has 0 radical (unpaired) electrons. The zero-order chi connectivity index (χ0) is 2.71. The molecule has 0 saturated heterocycles. The third kappa shape index (κ3) is 31.0. The fourth-order valence-corrected chi connectivity index (χ4v) is 0. The topological polar surface area (TPSA) is 34.1 Å². The molecule has 0 rings (SSSR count). The summed E-state index contributed by atoms with van der Waals surface area (Å²) in [6, 6.07) is 0. The molecule has 0 saturated carbocycles. The van der Waals surface area contributed by atoms with E-state index in [1.807, 2.05) is 0 Å². The van der Waals surface area contributed by atoms with Gasteiger partial charge in [0.25, 0.3) is 0 Å². The summed E-state index contributed by atoms with van der Waals surface area (Å²) in [7, 11) is 0. The van der Waals surface area contributed by atoms with Gasteiger partial charge in [-0.15, -0.1) is 0 Å². The number of hydrogen-bond donors (Lipinski definition) is 0.